The molecule has 1 heterocycles. The van der Waals surface area contributed by atoms with Crippen LogP contribution in [0.15, 0.2) is 23.3 Å². The zero-order valence-electron chi connectivity index (χ0n) is 15.6. The second-order valence-electron chi connectivity index (χ2n) is 9.76. The van der Waals surface area contributed by atoms with E-state index in [-0.39, 0.29) is 35.1 Å². The molecular formula is C22H30O3. The van der Waals surface area contributed by atoms with Crippen molar-refractivity contribution in [1.29, 1.82) is 0 Å². The van der Waals surface area contributed by atoms with Gasteiger partial charge in [0.1, 0.15) is 12.4 Å². The lowest BCUT2D eigenvalue weighted by Crippen LogP contribution is -2.49. The fourth-order valence-electron chi connectivity index (χ4n) is 7.38. The Hall–Kier alpha value is -0.930. The van der Waals surface area contributed by atoms with Gasteiger partial charge in [0.2, 0.25) is 0 Å². The molecule has 1 N–H and O–H groups in total. The monoisotopic (exact) mass is 342 g/mol. The Bertz CT molecular complexity index is 679. The summed E-state index contributed by atoms with van der Waals surface area (Å²) in [5.74, 6) is 1.85. The molecule has 4 unspecified atom stereocenters. The van der Waals surface area contributed by atoms with Crippen LogP contribution in [-0.4, -0.2) is 29.7 Å². The van der Waals surface area contributed by atoms with Crippen molar-refractivity contribution < 1.29 is 14.6 Å². The molecule has 4 fully saturated rings. The molecule has 0 aromatic carbocycles. The average Bonchev–Trinajstić information content (AvgIpc) is 3.33. The van der Waals surface area contributed by atoms with Gasteiger partial charge >= 0.3 is 0 Å². The van der Waals surface area contributed by atoms with Crippen LogP contribution in [0.3, 0.4) is 0 Å². The van der Waals surface area contributed by atoms with E-state index >= 15 is 0 Å². The van der Waals surface area contributed by atoms with E-state index in [1.807, 2.05) is 0 Å². The smallest absolute Gasteiger partial charge is 0.123 e. The maximum atomic E-state index is 11.4. The summed E-state index contributed by atoms with van der Waals surface area (Å²) in [5.41, 5.74) is 3.35. The minimum absolute atomic E-state index is 0.0567. The molecule has 3 heteroatoms. The average molecular weight is 342 g/mol. The molecule has 0 amide bonds. The lowest BCUT2D eigenvalue weighted by Gasteiger charge is -2.54. The Labute approximate surface area is 150 Å². The van der Waals surface area contributed by atoms with Crippen molar-refractivity contribution in [1.82, 2.24) is 0 Å². The maximum Gasteiger partial charge on any atom is 0.123 e. The minimum Gasteiger partial charge on any atom is -0.390 e. The van der Waals surface area contributed by atoms with Crippen LogP contribution in [0.4, 0.5) is 0 Å². The van der Waals surface area contributed by atoms with Crippen molar-refractivity contribution in [3.8, 4) is 0 Å². The number of rotatable bonds is 2. The normalized spacial score (nSPS) is 54.2. The van der Waals surface area contributed by atoms with Crippen LogP contribution in [0.5, 0.6) is 0 Å². The van der Waals surface area contributed by atoms with E-state index in [0.29, 0.717) is 17.8 Å². The summed E-state index contributed by atoms with van der Waals surface area (Å²) in [6.45, 7) is 6.93. The Morgan fingerprint density at radius 1 is 1.24 bits per heavy atom. The quantitative estimate of drug-likeness (QED) is 0.615. The standard InChI is InChI=1S/C22H30O3/c1-12(11-23)15-6-7-16-14-5-4-13-10-18(24)19-20(25-19)22(13,3)17(14)8-9-21(15,16)2/h4-5,11-12,15-20,24H,6-10H2,1-3H3/t12?,15-,16+,17+,18?,19?,20?,21-,22+/m1/s1. The first-order valence-corrected chi connectivity index (χ1v) is 10.1. The molecule has 9 atom stereocenters. The number of aliphatic hydroxyl groups is 1. The van der Waals surface area contributed by atoms with E-state index in [9.17, 15) is 9.90 Å². The summed E-state index contributed by atoms with van der Waals surface area (Å²) in [7, 11) is 0. The third kappa shape index (κ3) is 1.92. The molecule has 4 aliphatic carbocycles. The number of epoxide rings is 1. The first-order chi connectivity index (χ1) is 11.9. The molecular weight excluding hydrogens is 312 g/mol. The molecule has 0 aromatic heterocycles. The number of allylic oxidation sites excluding steroid dienone is 3. The summed E-state index contributed by atoms with van der Waals surface area (Å²) < 4.78 is 5.96. The second-order valence-corrected chi connectivity index (χ2v) is 9.76. The van der Waals surface area contributed by atoms with Crippen molar-refractivity contribution in [3.63, 3.8) is 0 Å². The van der Waals surface area contributed by atoms with Crippen molar-refractivity contribution in [2.75, 3.05) is 0 Å². The highest BCUT2D eigenvalue weighted by Gasteiger charge is 2.66. The number of fused-ring (bicyclic) bond motifs is 7. The highest BCUT2D eigenvalue weighted by Crippen LogP contribution is 2.67. The van der Waals surface area contributed by atoms with Crippen LogP contribution in [-0.2, 0) is 9.53 Å². The first kappa shape index (κ1) is 16.3. The molecule has 1 aliphatic heterocycles. The molecule has 1 saturated heterocycles. The number of carbonyl (C=O) groups excluding carboxylic acids is 1. The SMILES string of the molecule is CC(C=O)[C@H]1CC[C@H]2C3=CC=C4CC(O)C5OC5[C@]4(C)[C@H]3CC[C@]12C. The number of aldehydes is 1. The number of ether oxygens (including phenoxy) is 1. The fourth-order valence-corrected chi connectivity index (χ4v) is 7.38. The lowest BCUT2D eigenvalue weighted by atomic mass is 9.50. The van der Waals surface area contributed by atoms with Gasteiger partial charge in [0.15, 0.2) is 0 Å². The summed E-state index contributed by atoms with van der Waals surface area (Å²) in [4.78, 5) is 11.4. The van der Waals surface area contributed by atoms with E-state index in [1.165, 1.54) is 37.5 Å². The largest absolute Gasteiger partial charge is 0.390 e. The third-order valence-corrected chi connectivity index (χ3v) is 8.85. The van der Waals surface area contributed by atoms with Crippen molar-refractivity contribution >= 4 is 6.29 Å². The topological polar surface area (TPSA) is 49.8 Å². The van der Waals surface area contributed by atoms with Gasteiger partial charge < -0.3 is 14.6 Å². The number of hydrogen-bond donors (Lipinski definition) is 1. The van der Waals surface area contributed by atoms with Gasteiger partial charge in [0.25, 0.3) is 0 Å². The number of carbonyl (C=O) groups is 1. The summed E-state index contributed by atoms with van der Waals surface area (Å²) in [6.07, 6.45) is 11.4. The van der Waals surface area contributed by atoms with Gasteiger partial charge in [0, 0.05) is 11.3 Å². The molecule has 5 aliphatic rings. The van der Waals surface area contributed by atoms with Crippen LogP contribution in [0.25, 0.3) is 0 Å². The summed E-state index contributed by atoms with van der Waals surface area (Å²) in [5, 5.41) is 10.3. The lowest BCUT2D eigenvalue weighted by molar-refractivity contribution is -0.113. The van der Waals surface area contributed by atoms with Gasteiger partial charge in [-0.15, -0.1) is 0 Å². The minimum atomic E-state index is -0.322. The Balaban J connectivity index is 1.53. The predicted octanol–water partition coefficient (Wildman–Crippen LogP) is 3.67. The van der Waals surface area contributed by atoms with Crippen molar-refractivity contribution in [2.24, 2.45) is 34.5 Å². The summed E-state index contributed by atoms with van der Waals surface area (Å²) >= 11 is 0. The van der Waals surface area contributed by atoms with Crippen LogP contribution >= 0.6 is 0 Å². The van der Waals surface area contributed by atoms with Crippen LogP contribution in [0, 0.1) is 34.5 Å². The number of hydrogen-bond acceptors (Lipinski definition) is 3. The van der Waals surface area contributed by atoms with Gasteiger partial charge in [-0.1, -0.05) is 44.1 Å². The highest BCUT2D eigenvalue weighted by molar-refractivity contribution is 5.54. The van der Waals surface area contributed by atoms with E-state index in [2.05, 4.69) is 32.9 Å². The van der Waals surface area contributed by atoms with Gasteiger partial charge in [-0.05, 0) is 55.3 Å². The molecule has 136 valence electrons. The Morgan fingerprint density at radius 2 is 2.04 bits per heavy atom. The first-order valence-electron chi connectivity index (χ1n) is 10.1. The summed E-state index contributed by atoms with van der Waals surface area (Å²) in [6, 6.07) is 0. The van der Waals surface area contributed by atoms with Crippen molar-refractivity contribution in [3.05, 3.63) is 23.3 Å². The molecule has 3 nitrogen and oxygen atoms in total. The highest BCUT2D eigenvalue weighted by atomic mass is 16.6. The van der Waals surface area contributed by atoms with Gasteiger partial charge in [-0.25, -0.2) is 0 Å². The molecule has 5 rings (SSSR count). The van der Waals surface area contributed by atoms with Crippen LogP contribution in [0.1, 0.15) is 52.9 Å². The zero-order valence-corrected chi connectivity index (χ0v) is 15.6. The Kier molecular flexibility index (Phi) is 3.30. The van der Waals surface area contributed by atoms with Gasteiger partial charge in [-0.3, -0.25) is 0 Å². The third-order valence-electron chi connectivity index (χ3n) is 8.85. The van der Waals surface area contributed by atoms with Crippen LogP contribution in [0.2, 0.25) is 0 Å². The van der Waals surface area contributed by atoms with E-state index in [0.717, 1.165) is 6.42 Å². The number of aliphatic hydroxyl groups excluding tert-OH is 1. The van der Waals surface area contributed by atoms with E-state index < -0.39 is 0 Å². The van der Waals surface area contributed by atoms with Crippen molar-refractivity contribution in [2.45, 2.75) is 71.2 Å². The predicted molar refractivity (Wildman–Crippen MR) is 95.8 cm³/mol. The van der Waals surface area contributed by atoms with Crippen LogP contribution < -0.4 is 0 Å². The molecule has 3 saturated carbocycles. The van der Waals surface area contributed by atoms with E-state index in [1.54, 1.807) is 5.57 Å². The molecule has 0 bridgehead atoms. The Morgan fingerprint density at radius 3 is 2.80 bits per heavy atom. The molecule has 0 spiro atoms. The maximum absolute atomic E-state index is 11.4. The van der Waals surface area contributed by atoms with E-state index in [4.69, 9.17) is 4.74 Å². The molecule has 25 heavy (non-hydrogen) atoms. The molecule has 0 aromatic rings. The second kappa shape index (κ2) is 5.07. The zero-order chi connectivity index (χ0) is 17.6. The fraction of sp³-hybridized carbons (Fsp3) is 0.773. The molecule has 0 radical (unpaired) electrons. The van der Waals surface area contributed by atoms with Gasteiger partial charge in [-0.2, -0.15) is 0 Å². The van der Waals surface area contributed by atoms with Gasteiger partial charge in [0.05, 0.1) is 12.2 Å².